The van der Waals surface area contributed by atoms with E-state index in [1.54, 1.807) is 0 Å². The molecule has 5 heteroatoms. The van der Waals surface area contributed by atoms with Crippen LogP contribution in [0.3, 0.4) is 0 Å². The molecule has 1 fully saturated rings. The van der Waals surface area contributed by atoms with Gasteiger partial charge in [0, 0.05) is 31.1 Å². The van der Waals surface area contributed by atoms with Gasteiger partial charge >= 0.3 is 0 Å². The van der Waals surface area contributed by atoms with E-state index in [1.807, 2.05) is 41.3 Å². The molecule has 1 saturated heterocycles. The van der Waals surface area contributed by atoms with Gasteiger partial charge in [-0.2, -0.15) is 0 Å². The fraction of sp³-hybridized carbons (Fsp3) is 0.381. The first-order valence-corrected chi connectivity index (χ1v) is 9.53. The van der Waals surface area contributed by atoms with E-state index in [9.17, 15) is 4.79 Å². The van der Waals surface area contributed by atoms with Crippen LogP contribution in [0.25, 0.3) is 0 Å². The first-order valence-electron chi connectivity index (χ1n) is 9.15. The Kier molecular flexibility index (Phi) is 6.92. The van der Waals surface area contributed by atoms with Crippen molar-refractivity contribution >= 4 is 17.5 Å². The quantitative estimate of drug-likeness (QED) is 0.676. The molecule has 1 aliphatic heterocycles. The number of hydrogen-bond donors (Lipinski definition) is 1. The van der Waals surface area contributed by atoms with Crippen molar-refractivity contribution in [3.05, 3.63) is 64.7 Å². The number of nitrogens with one attached hydrogen (secondary N) is 1. The number of halogens is 1. The third-order valence-electron chi connectivity index (χ3n) is 4.50. The molecule has 0 aromatic heterocycles. The Labute approximate surface area is 160 Å². The summed E-state index contributed by atoms with van der Waals surface area (Å²) in [6.07, 6.45) is 2.71. The van der Waals surface area contributed by atoms with E-state index in [-0.39, 0.29) is 0 Å². The third-order valence-corrected chi connectivity index (χ3v) is 4.75. The molecule has 138 valence electrons. The van der Waals surface area contributed by atoms with Crippen molar-refractivity contribution in [1.82, 2.24) is 10.2 Å². The second kappa shape index (κ2) is 9.60. The molecule has 2 aromatic rings. The molecular weight excluding hydrogens is 348 g/mol. The number of rotatable bonds is 9. The summed E-state index contributed by atoms with van der Waals surface area (Å²) in [5.74, 6) is 1.16. The van der Waals surface area contributed by atoms with Crippen molar-refractivity contribution in [2.24, 2.45) is 0 Å². The Morgan fingerprint density at radius 2 is 1.96 bits per heavy atom. The molecule has 1 amide bonds. The predicted octanol–water partition coefficient (Wildman–Crippen LogP) is 4.02. The lowest BCUT2D eigenvalue weighted by Crippen LogP contribution is -2.28. The molecule has 0 unspecified atom stereocenters. The van der Waals surface area contributed by atoms with Crippen molar-refractivity contribution in [2.75, 3.05) is 19.6 Å². The average molecular weight is 373 g/mol. The van der Waals surface area contributed by atoms with E-state index in [4.69, 9.17) is 16.3 Å². The largest absolute Gasteiger partial charge is 0.489 e. The molecule has 0 aliphatic carbocycles. The lowest BCUT2D eigenvalue weighted by molar-refractivity contribution is -0.127. The maximum atomic E-state index is 11.6. The van der Waals surface area contributed by atoms with Gasteiger partial charge in [0.15, 0.2) is 0 Å². The summed E-state index contributed by atoms with van der Waals surface area (Å²) in [5, 5.41) is 4.17. The van der Waals surface area contributed by atoms with Crippen molar-refractivity contribution in [2.45, 2.75) is 32.4 Å². The first kappa shape index (κ1) is 18.7. The van der Waals surface area contributed by atoms with Crippen LogP contribution in [0.5, 0.6) is 5.75 Å². The average Bonchev–Trinajstić information content (AvgIpc) is 3.06. The summed E-state index contributed by atoms with van der Waals surface area (Å²) in [7, 11) is 0. The number of hydrogen-bond acceptors (Lipinski definition) is 3. The van der Waals surface area contributed by atoms with E-state index < -0.39 is 0 Å². The summed E-state index contributed by atoms with van der Waals surface area (Å²) in [6, 6.07) is 15.8. The third kappa shape index (κ3) is 5.75. The molecular formula is C21H25ClN2O2. The molecule has 1 heterocycles. The molecule has 0 saturated carbocycles. The van der Waals surface area contributed by atoms with Gasteiger partial charge < -0.3 is 15.0 Å². The van der Waals surface area contributed by atoms with Crippen LogP contribution in [-0.2, 0) is 17.9 Å². The molecule has 2 aromatic carbocycles. The Hall–Kier alpha value is -2.04. The highest BCUT2D eigenvalue weighted by atomic mass is 35.5. The standard InChI is InChI=1S/C21H25ClN2O2/c22-19-9-7-17(8-10-19)16-26-20-5-1-4-18(14-20)15-23-11-3-13-24-12-2-6-21(24)25/h1,4-5,7-10,14,23H,2-3,6,11-13,15-16H2. The minimum Gasteiger partial charge on any atom is -0.489 e. The number of ether oxygens (including phenoxy) is 1. The molecule has 26 heavy (non-hydrogen) atoms. The molecule has 1 N–H and O–H groups in total. The molecule has 0 atom stereocenters. The van der Waals surface area contributed by atoms with Crippen molar-refractivity contribution in [3.63, 3.8) is 0 Å². The van der Waals surface area contributed by atoms with E-state index in [2.05, 4.69) is 17.4 Å². The topological polar surface area (TPSA) is 41.6 Å². The zero-order valence-electron chi connectivity index (χ0n) is 14.9. The van der Waals surface area contributed by atoms with Crippen LogP contribution < -0.4 is 10.1 Å². The van der Waals surface area contributed by atoms with Crippen LogP contribution in [0.1, 0.15) is 30.4 Å². The van der Waals surface area contributed by atoms with Gasteiger partial charge in [0.2, 0.25) is 5.91 Å². The van der Waals surface area contributed by atoms with Crippen LogP contribution in [0, 0.1) is 0 Å². The van der Waals surface area contributed by atoms with Gasteiger partial charge in [-0.1, -0.05) is 35.9 Å². The highest BCUT2D eigenvalue weighted by Crippen LogP contribution is 2.16. The lowest BCUT2D eigenvalue weighted by Gasteiger charge is -2.15. The molecule has 3 rings (SSSR count). The Morgan fingerprint density at radius 3 is 2.73 bits per heavy atom. The van der Waals surface area contributed by atoms with Gasteiger partial charge in [0.25, 0.3) is 0 Å². The predicted molar refractivity (Wildman–Crippen MR) is 104 cm³/mol. The van der Waals surface area contributed by atoms with E-state index in [0.29, 0.717) is 12.5 Å². The van der Waals surface area contributed by atoms with Gasteiger partial charge in [-0.05, 0) is 54.8 Å². The monoisotopic (exact) mass is 372 g/mol. The summed E-state index contributed by atoms with van der Waals surface area (Å²) >= 11 is 5.90. The summed E-state index contributed by atoms with van der Waals surface area (Å²) in [4.78, 5) is 13.5. The molecule has 0 radical (unpaired) electrons. The highest BCUT2D eigenvalue weighted by Gasteiger charge is 2.18. The van der Waals surface area contributed by atoms with Crippen LogP contribution in [0.15, 0.2) is 48.5 Å². The number of amides is 1. The second-order valence-corrected chi connectivity index (χ2v) is 7.01. The second-order valence-electron chi connectivity index (χ2n) is 6.58. The van der Waals surface area contributed by atoms with Gasteiger partial charge in [-0.15, -0.1) is 0 Å². The summed E-state index contributed by atoms with van der Waals surface area (Å²) < 4.78 is 5.86. The summed E-state index contributed by atoms with van der Waals surface area (Å²) in [5.41, 5.74) is 2.28. The number of benzene rings is 2. The number of carbonyl (C=O) groups excluding carboxylic acids is 1. The lowest BCUT2D eigenvalue weighted by atomic mass is 10.2. The SMILES string of the molecule is O=C1CCCN1CCCNCc1cccc(OCc2ccc(Cl)cc2)c1. The molecule has 0 spiro atoms. The Morgan fingerprint density at radius 1 is 1.12 bits per heavy atom. The van der Waals surface area contributed by atoms with E-state index in [0.717, 1.165) is 61.8 Å². The highest BCUT2D eigenvalue weighted by molar-refractivity contribution is 6.30. The van der Waals surface area contributed by atoms with E-state index >= 15 is 0 Å². The van der Waals surface area contributed by atoms with Gasteiger partial charge in [-0.25, -0.2) is 0 Å². The van der Waals surface area contributed by atoms with Crippen LogP contribution >= 0.6 is 11.6 Å². The minimum absolute atomic E-state index is 0.301. The zero-order chi connectivity index (χ0) is 18.2. The fourth-order valence-corrected chi connectivity index (χ4v) is 3.19. The van der Waals surface area contributed by atoms with Gasteiger partial charge in [-0.3, -0.25) is 4.79 Å². The van der Waals surface area contributed by atoms with Gasteiger partial charge in [0.05, 0.1) is 0 Å². The molecule has 1 aliphatic rings. The van der Waals surface area contributed by atoms with Crippen molar-refractivity contribution in [1.29, 1.82) is 0 Å². The van der Waals surface area contributed by atoms with Crippen LogP contribution in [-0.4, -0.2) is 30.4 Å². The molecule has 0 bridgehead atoms. The maximum absolute atomic E-state index is 11.6. The molecule has 4 nitrogen and oxygen atoms in total. The van der Waals surface area contributed by atoms with Crippen molar-refractivity contribution in [3.8, 4) is 5.75 Å². The minimum atomic E-state index is 0.301. The fourth-order valence-electron chi connectivity index (χ4n) is 3.06. The zero-order valence-corrected chi connectivity index (χ0v) is 15.7. The van der Waals surface area contributed by atoms with Crippen LogP contribution in [0.4, 0.5) is 0 Å². The van der Waals surface area contributed by atoms with Gasteiger partial charge in [0.1, 0.15) is 12.4 Å². The summed E-state index contributed by atoms with van der Waals surface area (Å²) in [6.45, 7) is 4.01. The number of likely N-dealkylation sites (tertiary alicyclic amines) is 1. The van der Waals surface area contributed by atoms with Crippen molar-refractivity contribution < 1.29 is 9.53 Å². The maximum Gasteiger partial charge on any atom is 0.222 e. The Bertz CT molecular complexity index is 718. The number of carbonyl (C=O) groups is 1. The number of nitrogens with zero attached hydrogens (tertiary/aromatic N) is 1. The normalized spacial score (nSPS) is 14.0. The van der Waals surface area contributed by atoms with E-state index in [1.165, 1.54) is 5.56 Å². The first-order chi connectivity index (χ1) is 12.7. The Balaban J connectivity index is 1.38. The van der Waals surface area contributed by atoms with Crippen LogP contribution in [0.2, 0.25) is 5.02 Å². The smallest absolute Gasteiger partial charge is 0.222 e.